The monoisotopic (exact) mass is 806 g/mol. The molecule has 0 radical (unpaired) electrons. The van der Waals surface area contributed by atoms with Gasteiger partial charge in [-0.05, 0) is 83.2 Å². The third-order valence-corrected chi connectivity index (χ3v) is 11.3. The van der Waals surface area contributed by atoms with Gasteiger partial charge >= 0.3 is 18.1 Å². The number of allylic oxidation sites excluding steroid dienone is 4. The Morgan fingerprint density at radius 2 is 1.04 bits per heavy atom. The fourth-order valence-electron chi connectivity index (χ4n) is 7.45. The lowest BCUT2D eigenvalue weighted by Crippen LogP contribution is -2.27. The van der Waals surface area contributed by atoms with Crippen LogP contribution in [-0.4, -0.2) is 67.6 Å². The summed E-state index contributed by atoms with van der Waals surface area (Å²) in [6.07, 6.45) is 38.0. The molecule has 0 amide bonds. The number of carbonyl (C=O) groups is 3. The molecule has 8 heteroatoms. The molecule has 334 valence electrons. The van der Waals surface area contributed by atoms with Gasteiger partial charge in [0.1, 0.15) is 6.61 Å². The predicted octanol–water partition coefficient (Wildman–Crippen LogP) is 14.1. The number of carbonyl (C=O) groups excluding carboxylic acids is 2. The normalized spacial score (nSPS) is 12.9. The Morgan fingerprint density at radius 3 is 1.60 bits per heavy atom. The summed E-state index contributed by atoms with van der Waals surface area (Å²) in [7, 11) is 0. The molecule has 1 N–H and O–H groups in total. The number of ether oxygens (including phenoxy) is 3. The largest absolute Gasteiger partial charge is 0.508 e. The van der Waals surface area contributed by atoms with Crippen molar-refractivity contribution in [3.63, 3.8) is 0 Å². The Balaban J connectivity index is 5.17. The first-order valence-electron chi connectivity index (χ1n) is 24.0. The number of esters is 1. The molecular formula is C49H91NO7. The number of aliphatic carboxylic acids is 1. The second kappa shape index (κ2) is 41.8. The average molecular weight is 806 g/mol. The van der Waals surface area contributed by atoms with Crippen LogP contribution in [0.4, 0.5) is 4.79 Å². The van der Waals surface area contributed by atoms with E-state index in [1.54, 1.807) is 0 Å². The molecule has 0 saturated carbocycles. The fraction of sp³-hybridized carbons (Fsp3) is 0.857. The lowest BCUT2D eigenvalue weighted by Gasteiger charge is -2.22. The molecule has 0 spiro atoms. The molecule has 0 rings (SSSR count). The third kappa shape index (κ3) is 36.5. The van der Waals surface area contributed by atoms with E-state index in [0.29, 0.717) is 25.2 Å². The van der Waals surface area contributed by atoms with Gasteiger partial charge in [0, 0.05) is 18.9 Å². The van der Waals surface area contributed by atoms with Crippen LogP contribution in [0.2, 0.25) is 0 Å². The molecule has 0 aliphatic rings. The second-order valence-electron chi connectivity index (χ2n) is 16.5. The van der Waals surface area contributed by atoms with Crippen molar-refractivity contribution in [1.82, 2.24) is 4.90 Å². The van der Waals surface area contributed by atoms with Crippen LogP contribution in [0.15, 0.2) is 24.3 Å². The van der Waals surface area contributed by atoms with Crippen molar-refractivity contribution in [3.05, 3.63) is 24.3 Å². The highest BCUT2D eigenvalue weighted by molar-refractivity contribution is 5.70. The summed E-state index contributed by atoms with van der Waals surface area (Å²) < 4.78 is 16.7. The third-order valence-electron chi connectivity index (χ3n) is 11.3. The molecule has 0 heterocycles. The van der Waals surface area contributed by atoms with Gasteiger partial charge in [0.2, 0.25) is 0 Å². The van der Waals surface area contributed by atoms with E-state index < -0.39 is 24.0 Å². The highest BCUT2D eigenvalue weighted by atomic mass is 16.7. The minimum Gasteiger partial charge on any atom is -0.481 e. The number of hydrogen-bond acceptors (Lipinski definition) is 7. The molecule has 8 nitrogen and oxygen atoms in total. The minimum absolute atomic E-state index is 0.0366. The summed E-state index contributed by atoms with van der Waals surface area (Å²) in [5.41, 5.74) is 0. The number of carboxylic acids is 1. The van der Waals surface area contributed by atoms with Gasteiger partial charge in [0.25, 0.3) is 0 Å². The van der Waals surface area contributed by atoms with Crippen LogP contribution in [0.5, 0.6) is 0 Å². The van der Waals surface area contributed by atoms with Crippen LogP contribution in [-0.2, 0) is 23.8 Å². The number of hydrogen-bond donors (Lipinski definition) is 1. The van der Waals surface area contributed by atoms with Crippen LogP contribution >= 0.6 is 0 Å². The lowest BCUT2D eigenvalue weighted by atomic mass is 9.90. The first-order valence-corrected chi connectivity index (χ1v) is 24.0. The van der Waals surface area contributed by atoms with Crippen LogP contribution in [0, 0.1) is 17.8 Å². The van der Waals surface area contributed by atoms with Gasteiger partial charge < -0.3 is 24.2 Å². The smallest absolute Gasteiger partial charge is 0.481 e. The quantitative estimate of drug-likeness (QED) is 0.0370. The van der Waals surface area contributed by atoms with Gasteiger partial charge in [-0.3, -0.25) is 9.59 Å². The number of nitrogens with zero attached hydrogens (tertiary/aromatic N) is 1. The van der Waals surface area contributed by atoms with Crippen molar-refractivity contribution in [2.24, 2.45) is 17.8 Å². The Hall–Kier alpha value is -2.35. The average Bonchev–Trinajstić information content (AvgIpc) is 3.20. The van der Waals surface area contributed by atoms with E-state index in [9.17, 15) is 19.5 Å². The fourth-order valence-corrected chi connectivity index (χ4v) is 7.45. The van der Waals surface area contributed by atoms with E-state index in [-0.39, 0.29) is 32.2 Å². The van der Waals surface area contributed by atoms with Crippen molar-refractivity contribution in [1.29, 1.82) is 0 Å². The maximum Gasteiger partial charge on any atom is 0.508 e. The van der Waals surface area contributed by atoms with E-state index >= 15 is 0 Å². The molecule has 2 atom stereocenters. The molecule has 57 heavy (non-hydrogen) atoms. The molecule has 0 aliphatic carbocycles. The van der Waals surface area contributed by atoms with E-state index in [1.807, 2.05) is 0 Å². The molecule has 0 aromatic carbocycles. The molecule has 2 unspecified atom stereocenters. The Bertz CT molecular complexity index is 963. The maximum absolute atomic E-state index is 13.3. The van der Waals surface area contributed by atoms with Gasteiger partial charge in [-0.1, -0.05) is 168 Å². The first kappa shape index (κ1) is 54.6. The summed E-state index contributed by atoms with van der Waals surface area (Å²) in [5.74, 6) is -1.80. The van der Waals surface area contributed by atoms with Crippen molar-refractivity contribution < 1.29 is 33.7 Å². The number of unbranched alkanes of at least 4 members (excludes halogenated alkanes) is 17. The topological polar surface area (TPSA) is 102 Å². The summed E-state index contributed by atoms with van der Waals surface area (Å²) >= 11 is 0. The van der Waals surface area contributed by atoms with Crippen LogP contribution in [0.25, 0.3) is 0 Å². The minimum atomic E-state index is -0.853. The van der Waals surface area contributed by atoms with E-state index in [1.165, 1.54) is 89.9 Å². The van der Waals surface area contributed by atoms with Crippen molar-refractivity contribution in [3.8, 4) is 0 Å². The summed E-state index contributed by atoms with van der Waals surface area (Å²) in [4.78, 5) is 40.5. The zero-order valence-electron chi connectivity index (χ0n) is 37.9. The molecular weight excluding hydrogens is 715 g/mol. The Kier molecular flexibility index (Phi) is 40.1. The summed E-state index contributed by atoms with van der Waals surface area (Å²) in [6.45, 7) is 13.9. The SMILES string of the molecule is CCCCC/C=C\C/C=C\CCCCCCC(CC(COC(=O)CC(CCCCCCCC)CCCCCCCC)COC(=O)OCCCN(CC)CC)C(=O)O. The second-order valence-corrected chi connectivity index (χ2v) is 16.5. The summed E-state index contributed by atoms with van der Waals surface area (Å²) in [5, 5.41) is 10.2. The van der Waals surface area contributed by atoms with Crippen LogP contribution < -0.4 is 0 Å². The van der Waals surface area contributed by atoms with Gasteiger partial charge in [-0.2, -0.15) is 0 Å². The van der Waals surface area contributed by atoms with Crippen molar-refractivity contribution >= 4 is 18.1 Å². The van der Waals surface area contributed by atoms with Crippen molar-refractivity contribution in [2.45, 2.75) is 214 Å². The van der Waals surface area contributed by atoms with Gasteiger partial charge in [-0.15, -0.1) is 0 Å². The maximum atomic E-state index is 13.3. The van der Waals surface area contributed by atoms with E-state index in [4.69, 9.17) is 14.2 Å². The van der Waals surface area contributed by atoms with Gasteiger partial charge in [0.15, 0.2) is 0 Å². The highest BCUT2D eigenvalue weighted by Gasteiger charge is 2.26. The predicted molar refractivity (Wildman–Crippen MR) is 239 cm³/mol. The zero-order valence-corrected chi connectivity index (χ0v) is 37.9. The van der Waals surface area contributed by atoms with Crippen LogP contribution in [0.1, 0.15) is 214 Å². The Labute approximate surface area is 351 Å². The first-order chi connectivity index (χ1) is 27.8. The lowest BCUT2D eigenvalue weighted by molar-refractivity contribution is -0.147. The number of rotatable bonds is 42. The molecule has 0 aliphatic heterocycles. The molecule has 0 fully saturated rings. The molecule has 0 aromatic heterocycles. The van der Waals surface area contributed by atoms with Crippen LogP contribution in [0.3, 0.4) is 0 Å². The standard InChI is InChI=1S/C49H91NO7/c1-6-11-14-17-20-21-22-23-24-25-26-27-30-33-37-46(48(52)53)40-45(43-57-49(54)55-39-34-38-50(9-4)10-5)42-56-47(51)41-44(35-31-28-18-15-12-7-2)36-32-29-19-16-13-8-3/h20-21,23-24,44-46H,6-19,22,25-43H2,1-5H3,(H,52,53)/b21-20-,24-23-. The van der Waals surface area contributed by atoms with E-state index in [0.717, 1.165) is 83.8 Å². The molecule has 0 aromatic rings. The number of carboxylic acid groups (broad SMARTS) is 1. The highest BCUT2D eigenvalue weighted by Crippen LogP contribution is 2.25. The van der Waals surface area contributed by atoms with Gasteiger partial charge in [0.05, 0.1) is 19.1 Å². The van der Waals surface area contributed by atoms with Gasteiger partial charge in [-0.25, -0.2) is 4.79 Å². The molecule has 0 saturated heterocycles. The van der Waals surface area contributed by atoms with Crippen molar-refractivity contribution in [2.75, 3.05) is 39.5 Å². The Morgan fingerprint density at radius 1 is 0.544 bits per heavy atom. The summed E-state index contributed by atoms with van der Waals surface area (Å²) in [6, 6.07) is 0. The van der Waals surface area contributed by atoms with E-state index in [2.05, 4.69) is 63.8 Å². The molecule has 0 bridgehead atoms. The zero-order chi connectivity index (χ0) is 42.0.